The number of oxazole rings is 1. The van der Waals surface area contributed by atoms with E-state index in [0.29, 0.717) is 25.3 Å². The molecule has 0 unspecified atom stereocenters. The van der Waals surface area contributed by atoms with Crippen molar-refractivity contribution >= 4 is 5.91 Å². The maximum Gasteiger partial charge on any atom is 0.220 e. The Kier molecular flexibility index (Phi) is 5.27. The van der Waals surface area contributed by atoms with Crippen molar-refractivity contribution in [2.75, 3.05) is 13.2 Å². The van der Waals surface area contributed by atoms with Gasteiger partial charge in [0.1, 0.15) is 5.76 Å². The molecule has 0 saturated heterocycles. The summed E-state index contributed by atoms with van der Waals surface area (Å²) in [6.45, 7) is 6.93. The SMILES string of the molecule is CC(C)(C)c1cnc(CCC(=O)NCC2(CO)CCCC2)o1. The Hall–Kier alpha value is -1.36. The van der Waals surface area contributed by atoms with Crippen molar-refractivity contribution in [1.82, 2.24) is 10.3 Å². The van der Waals surface area contributed by atoms with E-state index in [2.05, 4.69) is 31.1 Å². The highest BCUT2D eigenvalue weighted by Gasteiger charge is 2.33. The van der Waals surface area contributed by atoms with Crippen molar-refractivity contribution < 1.29 is 14.3 Å². The minimum Gasteiger partial charge on any atom is -0.445 e. The van der Waals surface area contributed by atoms with Crippen molar-refractivity contribution in [1.29, 1.82) is 0 Å². The molecule has 0 radical (unpaired) electrons. The van der Waals surface area contributed by atoms with Crippen LogP contribution in [0.3, 0.4) is 0 Å². The molecule has 5 nitrogen and oxygen atoms in total. The highest BCUT2D eigenvalue weighted by molar-refractivity contribution is 5.76. The van der Waals surface area contributed by atoms with Crippen LogP contribution in [0.5, 0.6) is 0 Å². The quantitative estimate of drug-likeness (QED) is 0.847. The fourth-order valence-corrected chi connectivity index (χ4v) is 2.88. The lowest BCUT2D eigenvalue weighted by atomic mass is 9.87. The second kappa shape index (κ2) is 6.82. The molecule has 1 saturated carbocycles. The molecular weight excluding hydrogens is 280 g/mol. The highest BCUT2D eigenvalue weighted by Crippen LogP contribution is 2.36. The van der Waals surface area contributed by atoms with Crippen LogP contribution in [0, 0.1) is 5.41 Å². The average molecular weight is 308 g/mol. The monoisotopic (exact) mass is 308 g/mol. The van der Waals surface area contributed by atoms with E-state index in [1.165, 1.54) is 0 Å². The first kappa shape index (κ1) is 17.0. The summed E-state index contributed by atoms with van der Waals surface area (Å²) in [4.78, 5) is 16.2. The van der Waals surface area contributed by atoms with Crippen LogP contribution >= 0.6 is 0 Å². The van der Waals surface area contributed by atoms with Crippen molar-refractivity contribution in [3.05, 3.63) is 17.8 Å². The summed E-state index contributed by atoms with van der Waals surface area (Å²) in [5, 5.41) is 12.5. The Morgan fingerprint density at radius 2 is 2.09 bits per heavy atom. The smallest absolute Gasteiger partial charge is 0.220 e. The summed E-state index contributed by atoms with van der Waals surface area (Å²) in [7, 11) is 0. The number of carbonyl (C=O) groups excluding carboxylic acids is 1. The van der Waals surface area contributed by atoms with Crippen LogP contribution in [-0.4, -0.2) is 29.1 Å². The lowest BCUT2D eigenvalue weighted by Gasteiger charge is -2.26. The summed E-state index contributed by atoms with van der Waals surface area (Å²) in [5.41, 5.74) is -0.165. The molecule has 1 amide bonds. The Morgan fingerprint density at radius 1 is 1.41 bits per heavy atom. The van der Waals surface area contributed by atoms with Gasteiger partial charge in [-0.2, -0.15) is 0 Å². The average Bonchev–Trinajstić information content (AvgIpc) is 3.12. The number of carbonyl (C=O) groups is 1. The van der Waals surface area contributed by atoms with Gasteiger partial charge in [0.2, 0.25) is 5.91 Å². The highest BCUT2D eigenvalue weighted by atomic mass is 16.4. The van der Waals surface area contributed by atoms with E-state index in [0.717, 1.165) is 31.4 Å². The van der Waals surface area contributed by atoms with Crippen LogP contribution in [0.2, 0.25) is 0 Å². The number of hydrogen-bond acceptors (Lipinski definition) is 4. The molecule has 0 bridgehead atoms. The zero-order valence-corrected chi connectivity index (χ0v) is 13.9. The van der Waals surface area contributed by atoms with Gasteiger partial charge in [-0.25, -0.2) is 4.98 Å². The third kappa shape index (κ3) is 4.32. The summed E-state index contributed by atoms with van der Waals surface area (Å²) >= 11 is 0. The van der Waals surface area contributed by atoms with Gasteiger partial charge in [-0.1, -0.05) is 33.6 Å². The molecule has 0 aromatic carbocycles. The first-order valence-electron chi connectivity index (χ1n) is 8.17. The van der Waals surface area contributed by atoms with Gasteiger partial charge in [-0.3, -0.25) is 4.79 Å². The van der Waals surface area contributed by atoms with Gasteiger partial charge in [0, 0.05) is 30.2 Å². The molecule has 124 valence electrons. The van der Waals surface area contributed by atoms with Crippen LogP contribution in [0.25, 0.3) is 0 Å². The Morgan fingerprint density at radius 3 is 2.64 bits per heavy atom. The van der Waals surface area contributed by atoms with E-state index < -0.39 is 0 Å². The van der Waals surface area contributed by atoms with E-state index in [1.807, 2.05) is 0 Å². The molecule has 1 aliphatic rings. The minimum atomic E-state index is -0.0992. The molecule has 0 spiro atoms. The largest absolute Gasteiger partial charge is 0.445 e. The van der Waals surface area contributed by atoms with Gasteiger partial charge < -0.3 is 14.8 Å². The number of hydrogen-bond donors (Lipinski definition) is 2. The first-order valence-corrected chi connectivity index (χ1v) is 8.17. The first-order chi connectivity index (χ1) is 10.3. The molecule has 2 N–H and O–H groups in total. The number of rotatable bonds is 6. The third-order valence-electron chi connectivity index (χ3n) is 4.52. The Bertz CT molecular complexity index is 496. The van der Waals surface area contributed by atoms with Crippen molar-refractivity contribution in [2.45, 2.75) is 64.7 Å². The maximum atomic E-state index is 12.0. The molecule has 5 heteroatoms. The fraction of sp³-hybridized carbons (Fsp3) is 0.765. The number of nitrogens with one attached hydrogen (secondary N) is 1. The molecule has 0 atom stereocenters. The van der Waals surface area contributed by atoms with Gasteiger partial charge in [0.25, 0.3) is 0 Å². The van der Waals surface area contributed by atoms with Gasteiger partial charge in [0.15, 0.2) is 5.89 Å². The predicted molar refractivity (Wildman–Crippen MR) is 84.5 cm³/mol. The molecule has 1 fully saturated rings. The Balaban J connectivity index is 1.77. The number of aliphatic hydroxyl groups excluding tert-OH is 1. The van der Waals surface area contributed by atoms with Crippen molar-refractivity contribution in [3.63, 3.8) is 0 Å². The van der Waals surface area contributed by atoms with E-state index in [4.69, 9.17) is 4.42 Å². The minimum absolute atomic E-state index is 0.00441. The molecular formula is C17H28N2O3. The van der Waals surface area contributed by atoms with Crippen LogP contribution < -0.4 is 5.32 Å². The molecule has 0 aliphatic heterocycles. The summed E-state index contributed by atoms with van der Waals surface area (Å²) < 4.78 is 5.69. The molecule has 1 aliphatic carbocycles. The maximum absolute atomic E-state index is 12.0. The molecule has 1 aromatic rings. The summed E-state index contributed by atoms with van der Waals surface area (Å²) in [6, 6.07) is 0. The standard InChI is InChI=1S/C17H28N2O3/c1-16(2,3)13-10-18-15(22-13)7-6-14(21)19-11-17(12-20)8-4-5-9-17/h10,20H,4-9,11-12H2,1-3H3,(H,19,21). The van der Waals surface area contributed by atoms with E-state index in [-0.39, 0.29) is 23.3 Å². The predicted octanol–water partition coefficient (Wildman–Crippen LogP) is 2.57. The summed E-state index contributed by atoms with van der Waals surface area (Å²) in [5.74, 6) is 1.45. The van der Waals surface area contributed by atoms with Crippen LogP contribution in [-0.2, 0) is 16.6 Å². The lowest BCUT2D eigenvalue weighted by Crippen LogP contribution is -2.38. The third-order valence-corrected chi connectivity index (χ3v) is 4.52. The normalized spacial score (nSPS) is 17.6. The van der Waals surface area contributed by atoms with Crippen LogP contribution in [0.15, 0.2) is 10.6 Å². The molecule has 22 heavy (non-hydrogen) atoms. The molecule has 2 rings (SSSR count). The van der Waals surface area contributed by atoms with E-state index in [1.54, 1.807) is 6.20 Å². The number of aromatic nitrogens is 1. The zero-order chi connectivity index (χ0) is 16.2. The number of aliphatic hydroxyl groups is 1. The second-order valence-electron chi connectivity index (χ2n) is 7.51. The van der Waals surface area contributed by atoms with Crippen molar-refractivity contribution in [2.24, 2.45) is 5.41 Å². The second-order valence-corrected chi connectivity index (χ2v) is 7.51. The van der Waals surface area contributed by atoms with Gasteiger partial charge in [0.05, 0.1) is 12.8 Å². The van der Waals surface area contributed by atoms with Crippen LogP contribution in [0.4, 0.5) is 0 Å². The van der Waals surface area contributed by atoms with E-state index in [9.17, 15) is 9.90 Å². The summed E-state index contributed by atoms with van der Waals surface area (Å²) in [6.07, 6.45) is 6.90. The van der Waals surface area contributed by atoms with Crippen molar-refractivity contribution in [3.8, 4) is 0 Å². The van der Waals surface area contributed by atoms with Gasteiger partial charge >= 0.3 is 0 Å². The number of amides is 1. The van der Waals surface area contributed by atoms with Crippen LogP contribution in [0.1, 0.15) is 64.5 Å². The zero-order valence-electron chi connectivity index (χ0n) is 13.9. The topological polar surface area (TPSA) is 75.4 Å². The van der Waals surface area contributed by atoms with Gasteiger partial charge in [-0.15, -0.1) is 0 Å². The number of nitrogens with zero attached hydrogens (tertiary/aromatic N) is 1. The fourth-order valence-electron chi connectivity index (χ4n) is 2.88. The number of aryl methyl sites for hydroxylation is 1. The molecule has 1 heterocycles. The lowest BCUT2D eigenvalue weighted by molar-refractivity contribution is -0.121. The Labute approximate surface area is 132 Å². The molecule has 1 aromatic heterocycles. The van der Waals surface area contributed by atoms with Gasteiger partial charge in [-0.05, 0) is 12.8 Å². The van der Waals surface area contributed by atoms with E-state index >= 15 is 0 Å².